The van der Waals surface area contributed by atoms with Crippen LogP contribution in [0.4, 0.5) is 0 Å². The monoisotopic (exact) mass is 504 g/mol. The summed E-state index contributed by atoms with van der Waals surface area (Å²) in [6, 6.07) is 17.7. The van der Waals surface area contributed by atoms with Crippen molar-refractivity contribution in [3.05, 3.63) is 76.9 Å². The summed E-state index contributed by atoms with van der Waals surface area (Å²) in [7, 11) is 4.72. The Kier molecular flexibility index (Phi) is 6.04. The van der Waals surface area contributed by atoms with Gasteiger partial charge in [-0.25, -0.2) is 0 Å². The van der Waals surface area contributed by atoms with Crippen molar-refractivity contribution in [3.8, 4) is 28.7 Å². The molecule has 0 N–H and O–H groups in total. The number of hydrogen-bond acceptors (Lipinski definition) is 8. The molecule has 1 fully saturated rings. The Morgan fingerprint density at radius 2 is 1.54 bits per heavy atom. The van der Waals surface area contributed by atoms with E-state index in [4.69, 9.17) is 33.2 Å². The van der Waals surface area contributed by atoms with Gasteiger partial charge in [0.1, 0.15) is 6.10 Å². The summed E-state index contributed by atoms with van der Waals surface area (Å²) in [6.45, 7) is 0.975. The molecule has 2 aliphatic heterocycles. The van der Waals surface area contributed by atoms with E-state index in [9.17, 15) is 4.79 Å². The zero-order valence-electron chi connectivity index (χ0n) is 20.9. The Labute approximate surface area is 214 Å². The molecule has 0 saturated carbocycles. The van der Waals surface area contributed by atoms with Crippen LogP contribution in [0.15, 0.2) is 54.6 Å². The lowest BCUT2D eigenvalue weighted by molar-refractivity contribution is -0.144. The molecule has 192 valence electrons. The highest BCUT2D eigenvalue weighted by Crippen LogP contribution is 2.58. The summed E-state index contributed by atoms with van der Waals surface area (Å²) in [4.78, 5) is 13.4. The van der Waals surface area contributed by atoms with Gasteiger partial charge in [-0.15, -0.1) is 0 Å². The van der Waals surface area contributed by atoms with Crippen molar-refractivity contribution < 1.29 is 38.0 Å². The summed E-state index contributed by atoms with van der Waals surface area (Å²) in [5.74, 6) is 1.59. The second-order valence-corrected chi connectivity index (χ2v) is 9.32. The molecular formula is C29H28O8. The first-order valence-corrected chi connectivity index (χ1v) is 12.2. The molecule has 2 heterocycles. The van der Waals surface area contributed by atoms with Crippen LogP contribution in [0.5, 0.6) is 28.7 Å². The third-order valence-electron chi connectivity index (χ3n) is 7.41. The number of rotatable bonds is 8. The Balaban J connectivity index is 1.44. The van der Waals surface area contributed by atoms with Crippen LogP contribution in [0.25, 0.3) is 0 Å². The number of esters is 1. The van der Waals surface area contributed by atoms with E-state index >= 15 is 0 Å². The van der Waals surface area contributed by atoms with Crippen LogP contribution in [0.1, 0.15) is 34.3 Å². The molecule has 2 bridgehead atoms. The van der Waals surface area contributed by atoms with Crippen molar-refractivity contribution in [2.45, 2.75) is 18.6 Å². The van der Waals surface area contributed by atoms with Gasteiger partial charge >= 0.3 is 5.97 Å². The fourth-order valence-corrected chi connectivity index (χ4v) is 5.76. The van der Waals surface area contributed by atoms with Gasteiger partial charge in [0.05, 0.1) is 40.5 Å². The van der Waals surface area contributed by atoms with Crippen LogP contribution in [0.2, 0.25) is 0 Å². The Bertz CT molecular complexity index is 1300. The maximum Gasteiger partial charge on any atom is 0.311 e. The van der Waals surface area contributed by atoms with Crippen molar-refractivity contribution in [1.82, 2.24) is 0 Å². The molecule has 1 saturated heterocycles. The van der Waals surface area contributed by atoms with Crippen molar-refractivity contribution in [2.75, 3.05) is 34.7 Å². The number of benzene rings is 3. The molecule has 1 aliphatic carbocycles. The van der Waals surface area contributed by atoms with E-state index in [1.807, 2.05) is 54.6 Å². The molecular weight excluding hydrogens is 476 g/mol. The van der Waals surface area contributed by atoms with Crippen molar-refractivity contribution in [3.63, 3.8) is 0 Å². The van der Waals surface area contributed by atoms with Gasteiger partial charge < -0.3 is 33.2 Å². The first kappa shape index (κ1) is 23.5. The number of ether oxygens (including phenoxy) is 7. The normalized spacial score (nSPS) is 22.8. The van der Waals surface area contributed by atoms with Crippen molar-refractivity contribution in [1.29, 1.82) is 0 Å². The highest BCUT2D eigenvalue weighted by atomic mass is 16.7. The van der Waals surface area contributed by atoms with E-state index in [2.05, 4.69) is 0 Å². The van der Waals surface area contributed by atoms with Gasteiger partial charge in [0.15, 0.2) is 23.0 Å². The molecule has 0 amide bonds. The maximum absolute atomic E-state index is 13.4. The minimum Gasteiger partial charge on any atom is -0.493 e. The van der Waals surface area contributed by atoms with Crippen LogP contribution in [-0.4, -0.2) is 40.7 Å². The summed E-state index contributed by atoms with van der Waals surface area (Å²) < 4.78 is 40.3. The molecule has 3 aromatic rings. The Morgan fingerprint density at radius 1 is 0.865 bits per heavy atom. The van der Waals surface area contributed by atoms with Gasteiger partial charge in [0, 0.05) is 17.4 Å². The topological polar surface area (TPSA) is 81.7 Å². The van der Waals surface area contributed by atoms with Crippen molar-refractivity contribution in [2.24, 2.45) is 11.8 Å². The SMILES string of the molecule is COc1cc([C@@H]2c3cc4c(cc3[C@@H]3OC(=O)[C@H]2[C@@H]3COCc2ccccc2)OCO4)cc(OC)c1OC. The van der Waals surface area contributed by atoms with E-state index in [0.29, 0.717) is 42.0 Å². The fraction of sp³-hybridized carbons (Fsp3) is 0.345. The lowest BCUT2D eigenvalue weighted by Gasteiger charge is -2.35. The molecule has 0 radical (unpaired) electrons. The maximum atomic E-state index is 13.4. The van der Waals surface area contributed by atoms with Crippen LogP contribution >= 0.6 is 0 Å². The zero-order valence-corrected chi connectivity index (χ0v) is 20.9. The molecule has 0 unspecified atom stereocenters. The summed E-state index contributed by atoms with van der Waals surface area (Å²) in [5.41, 5.74) is 3.78. The first-order chi connectivity index (χ1) is 18.1. The smallest absolute Gasteiger partial charge is 0.311 e. The predicted octanol–water partition coefficient (Wildman–Crippen LogP) is 4.63. The van der Waals surface area contributed by atoms with E-state index in [1.54, 1.807) is 21.3 Å². The molecule has 0 spiro atoms. The summed E-state index contributed by atoms with van der Waals surface area (Å²) in [5, 5.41) is 0. The minimum absolute atomic E-state index is 0.157. The highest BCUT2D eigenvalue weighted by Gasteiger charge is 2.55. The third kappa shape index (κ3) is 3.92. The quantitative estimate of drug-likeness (QED) is 0.411. The minimum atomic E-state index is -0.462. The number of fused-ring (bicyclic) bond motifs is 5. The molecule has 3 aromatic carbocycles. The number of methoxy groups -OCH3 is 3. The number of carbonyl (C=O) groups is 1. The van der Waals surface area contributed by atoms with E-state index < -0.39 is 12.0 Å². The van der Waals surface area contributed by atoms with Gasteiger partial charge in [-0.2, -0.15) is 0 Å². The largest absolute Gasteiger partial charge is 0.493 e. The Morgan fingerprint density at radius 3 is 2.19 bits per heavy atom. The average Bonchev–Trinajstić information content (AvgIpc) is 3.49. The molecule has 4 atom stereocenters. The molecule has 8 nitrogen and oxygen atoms in total. The van der Waals surface area contributed by atoms with E-state index in [1.165, 1.54) is 0 Å². The van der Waals surface area contributed by atoms with Crippen LogP contribution in [-0.2, 0) is 20.9 Å². The van der Waals surface area contributed by atoms with Crippen molar-refractivity contribution >= 4 is 5.97 Å². The second-order valence-electron chi connectivity index (χ2n) is 9.32. The van der Waals surface area contributed by atoms with Gasteiger partial charge in [0.25, 0.3) is 0 Å². The van der Waals surface area contributed by atoms with Gasteiger partial charge in [0.2, 0.25) is 12.5 Å². The van der Waals surface area contributed by atoms with Gasteiger partial charge in [-0.1, -0.05) is 30.3 Å². The summed E-state index contributed by atoms with van der Waals surface area (Å²) >= 11 is 0. The molecule has 0 aromatic heterocycles. The number of carbonyl (C=O) groups excluding carboxylic acids is 1. The summed E-state index contributed by atoms with van der Waals surface area (Å²) in [6.07, 6.45) is -0.434. The van der Waals surface area contributed by atoms with Crippen LogP contribution in [0, 0.1) is 11.8 Å². The van der Waals surface area contributed by atoms with E-state index in [0.717, 1.165) is 22.3 Å². The lowest BCUT2D eigenvalue weighted by atomic mass is 9.67. The van der Waals surface area contributed by atoms with Gasteiger partial charge in [-0.3, -0.25) is 4.79 Å². The second kappa shape index (κ2) is 9.52. The van der Waals surface area contributed by atoms with E-state index in [-0.39, 0.29) is 24.6 Å². The standard InChI is InChI=1S/C29H28O8/c1-31-23-9-17(10-24(32-2)28(23)33-3)25-18-11-21-22(36-15-35-21)12-19(18)27-20(26(25)29(30)37-27)14-34-13-16-7-5-4-6-8-16/h4-12,20,25-27H,13-15H2,1-3H3/t20-,25+,26-,27-/m0/s1. The number of hydrogen-bond donors (Lipinski definition) is 0. The molecule has 6 rings (SSSR count). The van der Waals surface area contributed by atoms with Crippen LogP contribution in [0.3, 0.4) is 0 Å². The van der Waals surface area contributed by atoms with Gasteiger partial charge in [-0.05, 0) is 41.0 Å². The lowest BCUT2D eigenvalue weighted by Crippen LogP contribution is -2.33. The fourth-order valence-electron chi connectivity index (χ4n) is 5.76. The zero-order chi connectivity index (χ0) is 25.5. The predicted molar refractivity (Wildman–Crippen MR) is 132 cm³/mol. The first-order valence-electron chi connectivity index (χ1n) is 12.2. The molecule has 3 aliphatic rings. The third-order valence-corrected chi connectivity index (χ3v) is 7.41. The van der Waals surface area contributed by atoms with Crippen LogP contribution < -0.4 is 23.7 Å². The molecule has 8 heteroatoms. The average molecular weight is 505 g/mol. The molecule has 37 heavy (non-hydrogen) atoms. The Hall–Kier alpha value is -3.91. The highest BCUT2D eigenvalue weighted by molar-refractivity contribution is 5.80.